The third-order valence-corrected chi connectivity index (χ3v) is 4.78. The average molecular weight is 390 g/mol. The molecule has 0 aromatic heterocycles. The lowest BCUT2D eigenvalue weighted by Crippen LogP contribution is -2.41. The predicted octanol–water partition coefficient (Wildman–Crippen LogP) is 3.77. The number of anilines is 2. The van der Waals surface area contributed by atoms with E-state index >= 15 is 0 Å². The highest BCUT2D eigenvalue weighted by Gasteiger charge is 2.26. The van der Waals surface area contributed by atoms with Crippen molar-refractivity contribution in [2.24, 2.45) is 5.92 Å². The van der Waals surface area contributed by atoms with Crippen LogP contribution in [0.1, 0.15) is 12.8 Å². The Kier molecular flexibility index (Phi) is 6.42. The summed E-state index contributed by atoms with van der Waals surface area (Å²) < 4.78 is 12.9. The molecule has 1 aliphatic rings. The Bertz CT molecular complexity index is 805. The fraction of sp³-hybridized carbons (Fsp3) is 0.300. The molecule has 1 heterocycles. The van der Waals surface area contributed by atoms with E-state index in [2.05, 4.69) is 10.6 Å². The molecule has 1 aliphatic heterocycles. The van der Waals surface area contributed by atoms with Gasteiger partial charge in [-0.1, -0.05) is 17.7 Å². The van der Waals surface area contributed by atoms with E-state index in [1.54, 1.807) is 24.3 Å². The van der Waals surface area contributed by atoms with Gasteiger partial charge in [-0.3, -0.25) is 14.5 Å². The number of nitrogens with zero attached hydrogens (tertiary/aromatic N) is 1. The van der Waals surface area contributed by atoms with Crippen molar-refractivity contribution in [2.75, 3.05) is 30.3 Å². The van der Waals surface area contributed by atoms with Gasteiger partial charge >= 0.3 is 0 Å². The van der Waals surface area contributed by atoms with Crippen molar-refractivity contribution in [1.29, 1.82) is 0 Å². The molecular formula is C20H21ClFN3O2. The number of nitrogens with one attached hydrogen (secondary N) is 2. The highest BCUT2D eigenvalue weighted by molar-refractivity contribution is 6.30. The monoisotopic (exact) mass is 389 g/mol. The van der Waals surface area contributed by atoms with Crippen LogP contribution in [0.4, 0.5) is 15.8 Å². The summed E-state index contributed by atoms with van der Waals surface area (Å²) in [4.78, 5) is 26.5. The standard InChI is InChI=1S/C20H21ClFN3O2/c21-15-2-1-3-18(12-15)24-20(27)14-8-10-25(11-9-14)13-19(26)23-17-6-4-16(22)5-7-17/h1-7,12,14H,8-11,13H2,(H,23,26)(H,24,27). The second kappa shape index (κ2) is 8.97. The van der Waals surface area contributed by atoms with Gasteiger partial charge in [0.2, 0.25) is 11.8 Å². The number of hydrogen-bond acceptors (Lipinski definition) is 3. The summed E-state index contributed by atoms with van der Waals surface area (Å²) in [6.45, 7) is 1.59. The van der Waals surface area contributed by atoms with Crippen LogP contribution in [0.25, 0.3) is 0 Å². The highest BCUT2D eigenvalue weighted by atomic mass is 35.5. The number of carbonyl (C=O) groups excluding carboxylic acids is 2. The molecule has 142 valence electrons. The minimum Gasteiger partial charge on any atom is -0.326 e. The Morgan fingerprint density at radius 3 is 2.41 bits per heavy atom. The molecule has 1 fully saturated rings. The molecule has 2 amide bonds. The van der Waals surface area contributed by atoms with Crippen molar-refractivity contribution < 1.29 is 14.0 Å². The van der Waals surface area contributed by atoms with Crippen LogP contribution in [0.2, 0.25) is 5.02 Å². The summed E-state index contributed by atoms with van der Waals surface area (Å²) in [5, 5.41) is 6.22. The van der Waals surface area contributed by atoms with Gasteiger partial charge in [0, 0.05) is 22.3 Å². The van der Waals surface area contributed by atoms with Gasteiger partial charge in [0.05, 0.1) is 6.54 Å². The molecular weight excluding hydrogens is 369 g/mol. The smallest absolute Gasteiger partial charge is 0.238 e. The first kappa shape index (κ1) is 19.3. The van der Waals surface area contributed by atoms with Crippen LogP contribution in [0.3, 0.4) is 0 Å². The molecule has 7 heteroatoms. The minimum absolute atomic E-state index is 0.0207. The predicted molar refractivity (Wildman–Crippen MR) is 104 cm³/mol. The van der Waals surface area contributed by atoms with E-state index < -0.39 is 0 Å². The Labute approximate surface area is 162 Å². The van der Waals surface area contributed by atoms with Crippen molar-refractivity contribution in [1.82, 2.24) is 4.90 Å². The molecule has 1 saturated heterocycles. The lowest BCUT2D eigenvalue weighted by atomic mass is 9.96. The van der Waals surface area contributed by atoms with Crippen molar-refractivity contribution in [2.45, 2.75) is 12.8 Å². The summed E-state index contributed by atoms with van der Waals surface area (Å²) in [5.41, 5.74) is 1.26. The second-order valence-corrected chi connectivity index (χ2v) is 7.04. The summed E-state index contributed by atoms with van der Waals surface area (Å²) >= 11 is 5.93. The first-order valence-corrected chi connectivity index (χ1v) is 9.21. The average Bonchev–Trinajstić information content (AvgIpc) is 2.64. The fourth-order valence-electron chi connectivity index (χ4n) is 3.10. The first-order valence-electron chi connectivity index (χ1n) is 8.84. The van der Waals surface area contributed by atoms with Crippen LogP contribution in [0.15, 0.2) is 48.5 Å². The molecule has 0 spiro atoms. The number of piperidine rings is 1. The minimum atomic E-state index is -0.342. The first-order chi connectivity index (χ1) is 13.0. The van der Waals surface area contributed by atoms with E-state index in [0.717, 1.165) is 0 Å². The van der Waals surface area contributed by atoms with Crippen molar-refractivity contribution >= 4 is 34.8 Å². The molecule has 0 saturated carbocycles. The number of benzene rings is 2. The van der Waals surface area contributed by atoms with Crippen LogP contribution < -0.4 is 10.6 Å². The molecule has 0 unspecified atom stereocenters. The Morgan fingerprint density at radius 1 is 1.04 bits per heavy atom. The SMILES string of the molecule is O=C(CN1CCC(C(=O)Nc2cccc(Cl)c2)CC1)Nc1ccc(F)cc1. The third kappa shape index (κ3) is 5.77. The van der Waals surface area contributed by atoms with E-state index in [1.165, 1.54) is 24.3 Å². The normalized spacial score (nSPS) is 15.3. The zero-order valence-corrected chi connectivity index (χ0v) is 15.5. The van der Waals surface area contributed by atoms with Crippen LogP contribution in [0.5, 0.6) is 0 Å². The topological polar surface area (TPSA) is 61.4 Å². The van der Waals surface area contributed by atoms with E-state index in [4.69, 9.17) is 11.6 Å². The van der Waals surface area contributed by atoms with Gasteiger partial charge in [-0.2, -0.15) is 0 Å². The molecule has 0 bridgehead atoms. The van der Waals surface area contributed by atoms with Gasteiger partial charge in [-0.15, -0.1) is 0 Å². The van der Waals surface area contributed by atoms with Gasteiger partial charge in [0.25, 0.3) is 0 Å². The summed E-state index contributed by atoms with van der Waals surface area (Å²) in [5.74, 6) is -0.595. The Balaban J connectivity index is 1.43. The van der Waals surface area contributed by atoms with E-state index in [0.29, 0.717) is 42.3 Å². The van der Waals surface area contributed by atoms with Gasteiger partial charge in [0.1, 0.15) is 5.82 Å². The highest BCUT2D eigenvalue weighted by Crippen LogP contribution is 2.21. The maximum Gasteiger partial charge on any atom is 0.238 e. The van der Waals surface area contributed by atoms with Gasteiger partial charge in [-0.05, 0) is 68.4 Å². The molecule has 27 heavy (non-hydrogen) atoms. The Hall–Kier alpha value is -2.44. The second-order valence-electron chi connectivity index (χ2n) is 6.61. The lowest BCUT2D eigenvalue weighted by Gasteiger charge is -2.30. The van der Waals surface area contributed by atoms with Crippen LogP contribution in [-0.2, 0) is 9.59 Å². The quantitative estimate of drug-likeness (QED) is 0.818. The number of likely N-dealkylation sites (tertiary alicyclic amines) is 1. The molecule has 0 aliphatic carbocycles. The molecule has 5 nitrogen and oxygen atoms in total. The Morgan fingerprint density at radius 2 is 1.74 bits per heavy atom. The van der Waals surface area contributed by atoms with E-state index in [-0.39, 0.29) is 30.1 Å². The van der Waals surface area contributed by atoms with E-state index in [1.807, 2.05) is 4.90 Å². The van der Waals surface area contributed by atoms with Gasteiger partial charge in [0.15, 0.2) is 0 Å². The lowest BCUT2D eigenvalue weighted by molar-refractivity contribution is -0.121. The zero-order chi connectivity index (χ0) is 19.2. The summed E-state index contributed by atoms with van der Waals surface area (Å²) in [6.07, 6.45) is 1.38. The van der Waals surface area contributed by atoms with Crippen LogP contribution in [-0.4, -0.2) is 36.3 Å². The van der Waals surface area contributed by atoms with Crippen molar-refractivity contribution in [3.63, 3.8) is 0 Å². The third-order valence-electron chi connectivity index (χ3n) is 4.55. The van der Waals surface area contributed by atoms with E-state index in [9.17, 15) is 14.0 Å². The number of hydrogen-bond donors (Lipinski definition) is 2. The van der Waals surface area contributed by atoms with Crippen molar-refractivity contribution in [3.05, 3.63) is 59.4 Å². The maximum absolute atomic E-state index is 12.9. The number of amides is 2. The fourth-order valence-corrected chi connectivity index (χ4v) is 3.29. The van der Waals surface area contributed by atoms with Gasteiger partial charge in [-0.25, -0.2) is 4.39 Å². The van der Waals surface area contributed by atoms with Crippen molar-refractivity contribution in [3.8, 4) is 0 Å². The molecule has 2 aromatic carbocycles. The zero-order valence-electron chi connectivity index (χ0n) is 14.8. The van der Waals surface area contributed by atoms with Crippen LogP contribution >= 0.6 is 11.6 Å². The largest absolute Gasteiger partial charge is 0.326 e. The molecule has 0 atom stereocenters. The number of halogens is 2. The molecule has 2 N–H and O–H groups in total. The maximum atomic E-state index is 12.9. The number of carbonyl (C=O) groups is 2. The van der Waals surface area contributed by atoms with Crippen LogP contribution in [0, 0.1) is 11.7 Å². The molecule has 2 aromatic rings. The summed E-state index contributed by atoms with van der Waals surface area (Å²) in [7, 11) is 0. The number of rotatable bonds is 5. The van der Waals surface area contributed by atoms with Gasteiger partial charge < -0.3 is 10.6 Å². The molecule has 0 radical (unpaired) electrons. The molecule has 3 rings (SSSR count). The summed E-state index contributed by atoms with van der Waals surface area (Å²) in [6, 6.07) is 12.7.